The molecule has 0 amide bonds. The predicted molar refractivity (Wildman–Crippen MR) is 67.2 cm³/mol. The summed E-state index contributed by atoms with van der Waals surface area (Å²) in [5.41, 5.74) is 5.24. The average molecular weight is 263 g/mol. The lowest BCUT2D eigenvalue weighted by atomic mass is 10.0. The minimum Gasteiger partial charge on any atom is -0.497 e. The summed E-state index contributed by atoms with van der Waals surface area (Å²) >= 11 is 0. The van der Waals surface area contributed by atoms with Gasteiger partial charge in [-0.2, -0.15) is 0 Å². The van der Waals surface area contributed by atoms with E-state index in [1.165, 1.54) is 31.4 Å². The first-order valence-corrected chi connectivity index (χ1v) is 5.46. The molecular formula is C14H11F2NO2. The molecular weight excluding hydrogens is 252 g/mol. The highest BCUT2D eigenvalue weighted by molar-refractivity contribution is 6.09. The Bertz CT molecular complexity index is 641. The molecule has 0 heterocycles. The molecule has 0 spiro atoms. The summed E-state index contributed by atoms with van der Waals surface area (Å²) in [6.45, 7) is 0. The van der Waals surface area contributed by atoms with Crippen LogP contribution in [0.25, 0.3) is 0 Å². The summed E-state index contributed by atoms with van der Waals surface area (Å²) in [4.78, 5) is 12.1. The van der Waals surface area contributed by atoms with Crippen LogP contribution in [-0.2, 0) is 0 Å². The summed E-state index contributed by atoms with van der Waals surface area (Å²) < 4.78 is 31.6. The van der Waals surface area contributed by atoms with Crippen molar-refractivity contribution in [1.29, 1.82) is 0 Å². The van der Waals surface area contributed by atoms with Gasteiger partial charge in [-0.15, -0.1) is 0 Å². The van der Waals surface area contributed by atoms with E-state index in [-0.39, 0.29) is 16.8 Å². The van der Waals surface area contributed by atoms with E-state index in [0.717, 1.165) is 12.1 Å². The number of anilines is 1. The predicted octanol–water partition coefficient (Wildman–Crippen LogP) is 2.79. The van der Waals surface area contributed by atoms with Gasteiger partial charge in [0.2, 0.25) is 0 Å². The van der Waals surface area contributed by atoms with Crippen molar-refractivity contribution < 1.29 is 18.3 Å². The van der Waals surface area contributed by atoms with Crippen molar-refractivity contribution in [3.8, 4) is 5.75 Å². The van der Waals surface area contributed by atoms with Crippen molar-refractivity contribution in [2.24, 2.45) is 0 Å². The maximum Gasteiger partial charge on any atom is 0.196 e. The number of nitrogens with two attached hydrogens (primary N) is 1. The van der Waals surface area contributed by atoms with Crippen molar-refractivity contribution in [1.82, 2.24) is 0 Å². The first-order valence-electron chi connectivity index (χ1n) is 5.46. The number of ketones is 1. The topological polar surface area (TPSA) is 52.3 Å². The lowest BCUT2D eigenvalue weighted by Gasteiger charge is -2.06. The second kappa shape index (κ2) is 5.06. The van der Waals surface area contributed by atoms with E-state index in [1.807, 2.05) is 0 Å². The van der Waals surface area contributed by atoms with Crippen molar-refractivity contribution in [3.63, 3.8) is 0 Å². The molecule has 2 aromatic rings. The van der Waals surface area contributed by atoms with E-state index in [1.54, 1.807) is 0 Å². The van der Waals surface area contributed by atoms with Crippen LogP contribution in [0.15, 0.2) is 36.4 Å². The summed E-state index contributed by atoms with van der Waals surface area (Å²) in [5.74, 6) is -1.57. The van der Waals surface area contributed by atoms with E-state index in [0.29, 0.717) is 5.75 Å². The second-order valence-corrected chi connectivity index (χ2v) is 3.91. The smallest absolute Gasteiger partial charge is 0.196 e. The lowest BCUT2D eigenvalue weighted by Crippen LogP contribution is -2.06. The minimum atomic E-state index is -0.702. The minimum absolute atomic E-state index is 0.119. The Balaban J connectivity index is 2.41. The highest BCUT2D eigenvalue weighted by Crippen LogP contribution is 2.21. The van der Waals surface area contributed by atoms with Gasteiger partial charge in [0.1, 0.15) is 17.4 Å². The number of ether oxygens (including phenoxy) is 1. The molecule has 0 saturated carbocycles. The van der Waals surface area contributed by atoms with E-state index < -0.39 is 17.4 Å². The van der Waals surface area contributed by atoms with Gasteiger partial charge < -0.3 is 10.5 Å². The molecule has 98 valence electrons. The number of hydrogen-bond donors (Lipinski definition) is 1. The average Bonchev–Trinajstić information content (AvgIpc) is 2.41. The van der Waals surface area contributed by atoms with E-state index in [9.17, 15) is 13.6 Å². The molecule has 0 aromatic heterocycles. The molecule has 0 saturated heterocycles. The van der Waals surface area contributed by atoms with Gasteiger partial charge in [-0.25, -0.2) is 8.78 Å². The largest absolute Gasteiger partial charge is 0.497 e. The Morgan fingerprint density at radius 3 is 2.42 bits per heavy atom. The van der Waals surface area contributed by atoms with Crippen LogP contribution in [0.5, 0.6) is 5.75 Å². The molecule has 19 heavy (non-hydrogen) atoms. The van der Waals surface area contributed by atoms with Gasteiger partial charge in [0, 0.05) is 11.6 Å². The molecule has 2 aromatic carbocycles. The number of hydrogen-bond acceptors (Lipinski definition) is 3. The number of benzene rings is 2. The lowest BCUT2D eigenvalue weighted by molar-refractivity contribution is 0.103. The first kappa shape index (κ1) is 13.0. The number of nitrogen functional groups attached to an aromatic ring is 1. The fraction of sp³-hybridized carbons (Fsp3) is 0.0714. The van der Waals surface area contributed by atoms with E-state index >= 15 is 0 Å². The van der Waals surface area contributed by atoms with Gasteiger partial charge >= 0.3 is 0 Å². The summed E-state index contributed by atoms with van der Waals surface area (Å²) in [5, 5.41) is 0. The van der Waals surface area contributed by atoms with Gasteiger partial charge in [-0.1, -0.05) is 0 Å². The van der Waals surface area contributed by atoms with Crippen LogP contribution >= 0.6 is 0 Å². The molecule has 0 atom stereocenters. The number of carbonyl (C=O) groups excluding carboxylic acids is 1. The van der Waals surface area contributed by atoms with Gasteiger partial charge in [0.15, 0.2) is 5.78 Å². The van der Waals surface area contributed by atoms with Crippen LogP contribution in [-0.4, -0.2) is 12.9 Å². The summed E-state index contributed by atoms with van der Waals surface area (Å²) in [6.07, 6.45) is 0. The Labute approximate surface area is 108 Å². The molecule has 0 aliphatic heterocycles. The number of rotatable bonds is 3. The third-order valence-corrected chi connectivity index (χ3v) is 2.68. The standard InChI is InChI=1S/C14H11F2NO2/c1-19-9-3-4-10(12(16)7-9)14(18)8-2-5-11(15)13(17)6-8/h2-7H,17H2,1H3. The van der Waals surface area contributed by atoms with E-state index in [4.69, 9.17) is 10.5 Å². The van der Waals surface area contributed by atoms with Crippen molar-refractivity contribution in [2.75, 3.05) is 12.8 Å². The Hall–Kier alpha value is -2.43. The quantitative estimate of drug-likeness (QED) is 0.684. The highest BCUT2D eigenvalue weighted by Gasteiger charge is 2.15. The number of halogens is 2. The zero-order chi connectivity index (χ0) is 14.0. The fourth-order valence-corrected chi connectivity index (χ4v) is 1.65. The Kier molecular flexibility index (Phi) is 3.46. The Morgan fingerprint density at radius 2 is 1.84 bits per heavy atom. The zero-order valence-electron chi connectivity index (χ0n) is 10.1. The van der Waals surface area contributed by atoms with E-state index in [2.05, 4.69) is 0 Å². The molecule has 2 rings (SSSR count). The van der Waals surface area contributed by atoms with Crippen LogP contribution in [0.2, 0.25) is 0 Å². The van der Waals surface area contributed by atoms with Crippen LogP contribution in [0.4, 0.5) is 14.5 Å². The SMILES string of the molecule is COc1ccc(C(=O)c2ccc(F)c(N)c2)c(F)c1. The van der Waals surface area contributed by atoms with Crippen LogP contribution < -0.4 is 10.5 Å². The van der Waals surface area contributed by atoms with Crippen LogP contribution in [0.1, 0.15) is 15.9 Å². The van der Waals surface area contributed by atoms with Crippen molar-refractivity contribution in [3.05, 3.63) is 59.2 Å². The molecule has 0 unspecified atom stereocenters. The van der Waals surface area contributed by atoms with Gasteiger partial charge in [-0.05, 0) is 30.3 Å². The molecule has 5 heteroatoms. The molecule has 0 aliphatic rings. The monoisotopic (exact) mass is 263 g/mol. The molecule has 0 radical (unpaired) electrons. The normalized spacial score (nSPS) is 10.3. The third-order valence-electron chi connectivity index (χ3n) is 2.68. The van der Waals surface area contributed by atoms with Crippen molar-refractivity contribution >= 4 is 11.5 Å². The maximum atomic E-state index is 13.7. The summed E-state index contributed by atoms with van der Waals surface area (Å²) in [7, 11) is 1.40. The molecule has 0 bridgehead atoms. The third kappa shape index (κ3) is 2.54. The number of carbonyl (C=O) groups is 1. The molecule has 2 N–H and O–H groups in total. The highest BCUT2D eigenvalue weighted by atomic mass is 19.1. The molecule has 0 aliphatic carbocycles. The fourth-order valence-electron chi connectivity index (χ4n) is 1.65. The Morgan fingerprint density at radius 1 is 1.11 bits per heavy atom. The van der Waals surface area contributed by atoms with Gasteiger partial charge in [0.05, 0.1) is 18.4 Å². The van der Waals surface area contributed by atoms with Gasteiger partial charge in [0.25, 0.3) is 0 Å². The molecule has 0 fully saturated rings. The van der Waals surface area contributed by atoms with Gasteiger partial charge in [-0.3, -0.25) is 4.79 Å². The zero-order valence-corrected chi connectivity index (χ0v) is 10.1. The number of methoxy groups -OCH3 is 1. The van der Waals surface area contributed by atoms with Crippen LogP contribution in [0, 0.1) is 11.6 Å². The van der Waals surface area contributed by atoms with Crippen molar-refractivity contribution in [2.45, 2.75) is 0 Å². The first-order chi connectivity index (χ1) is 9.02. The molecule has 3 nitrogen and oxygen atoms in total. The van der Waals surface area contributed by atoms with Crippen LogP contribution in [0.3, 0.4) is 0 Å². The maximum absolute atomic E-state index is 13.7. The second-order valence-electron chi connectivity index (χ2n) is 3.91. The summed E-state index contributed by atoms with van der Waals surface area (Å²) in [6, 6.07) is 7.42.